The summed E-state index contributed by atoms with van der Waals surface area (Å²) in [5, 5.41) is 0. The molecule has 0 bridgehead atoms. The van der Waals surface area contributed by atoms with E-state index in [2.05, 4.69) is 30.6 Å². The second-order valence-electron chi connectivity index (χ2n) is 6.34. The number of rotatable bonds is 11. The lowest BCUT2D eigenvalue weighted by atomic mass is 10.0. The fraction of sp³-hybridized carbons (Fsp3) is 0.600. The van der Waals surface area contributed by atoms with E-state index in [4.69, 9.17) is 4.84 Å². The molecule has 2 heteroatoms. The number of nitrogens with one attached hydrogen (secondary N) is 1. The topological polar surface area (TPSA) is 21.3 Å². The van der Waals surface area contributed by atoms with Gasteiger partial charge in [-0.2, -0.15) is 0 Å². The fourth-order valence-corrected chi connectivity index (χ4v) is 2.96. The maximum absolute atomic E-state index is 5.56. The zero-order valence-electron chi connectivity index (χ0n) is 14.1. The van der Waals surface area contributed by atoms with E-state index in [1.165, 1.54) is 75.5 Å². The van der Waals surface area contributed by atoms with Gasteiger partial charge in [-0.15, -0.1) is 0 Å². The van der Waals surface area contributed by atoms with Crippen LogP contribution in [0.1, 0.15) is 83.1 Å². The number of para-hydroxylation sites is 1. The van der Waals surface area contributed by atoms with Crippen LogP contribution < -0.4 is 10.3 Å². The molecule has 0 unspecified atom stereocenters. The highest BCUT2D eigenvalue weighted by Crippen LogP contribution is 2.25. The predicted molar refractivity (Wildman–Crippen MR) is 94.6 cm³/mol. The number of hydrogen-bond acceptors (Lipinski definition) is 2. The van der Waals surface area contributed by atoms with Crippen LogP contribution in [0.2, 0.25) is 0 Å². The lowest BCUT2D eigenvalue weighted by Crippen LogP contribution is -2.21. The summed E-state index contributed by atoms with van der Waals surface area (Å²) in [5.41, 5.74) is 5.46. The van der Waals surface area contributed by atoms with Crippen LogP contribution >= 0.6 is 0 Å². The first-order valence-corrected chi connectivity index (χ1v) is 9.12. The molecule has 1 aromatic carbocycles. The number of benzene rings is 1. The molecule has 2 nitrogen and oxygen atoms in total. The van der Waals surface area contributed by atoms with Crippen molar-refractivity contribution >= 4 is 6.08 Å². The molecule has 0 amide bonds. The van der Waals surface area contributed by atoms with Crippen molar-refractivity contribution in [3.63, 3.8) is 0 Å². The Balaban J connectivity index is 1.50. The van der Waals surface area contributed by atoms with E-state index in [0.717, 1.165) is 12.2 Å². The van der Waals surface area contributed by atoms with Gasteiger partial charge in [-0.05, 0) is 25.0 Å². The summed E-state index contributed by atoms with van der Waals surface area (Å²) in [6.07, 6.45) is 17.1. The molecule has 0 aliphatic carbocycles. The summed E-state index contributed by atoms with van der Waals surface area (Å²) < 4.78 is 0. The number of fused-ring (bicyclic) bond motifs is 1. The minimum absolute atomic E-state index is 0.925. The Hall–Kier alpha value is -1.44. The van der Waals surface area contributed by atoms with E-state index in [1.807, 2.05) is 12.1 Å². The molecule has 1 aliphatic rings. The molecular formula is C20H31NO. The molecule has 1 N–H and O–H groups in total. The largest absolute Gasteiger partial charge is 0.382 e. The van der Waals surface area contributed by atoms with E-state index >= 15 is 0 Å². The lowest BCUT2D eigenvalue weighted by molar-refractivity contribution is 0.220. The van der Waals surface area contributed by atoms with Gasteiger partial charge < -0.3 is 4.84 Å². The monoisotopic (exact) mass is 301 g/mol. The quantitative estimate of drug-likeness (QED) is 0.489. The van der Waals surface area contributed by atoms with Gasteiger partial charge in [0.1, 0.15) is 0 Å². The van der Waals surface area contributed by atoms with Gasteiger partial charge in [-0.1, -0.05) is 82.9 Å². The van der Waals surface area contributed by atoms with Crippen LogP contribution in [0.5, 0.6) is 5.75 Å². The molecule has 122 valence electrons. The predicted octanol–water partition coefficient (Wildman–Crippen LogP) is 6.24. The molecule has 0 spiro atoms. The molecule has 0 saturated carbocycles. The van der Waals surface area contributed by atoms with Gasteiger partial charge in [0.2, 0.25) is 0 Å². The Bertz CT molecular complexity index is 453. The van der Waals surface area contributed by atoms with Crippen LogP contribution in [0.15, 0.2) is 30.0 Å². The minimum Gasteiger partial charge on any atom is -0.382 e. The van der Waals surface area contributed by atoms with Crippen LogP contribution in [0.3, 0.4) is 0 Å². The normalized spacial score (nSPS) is 13.0. The van der Waals surface area contributed by atoms with Crippen LogP contribution in [0.4, 0.5) is 0 Å². The maximum atomic E-state index is 5.56. The summed E-state index contributed by atoms with van der Waals surface area (Å²) in [7, 11) is 0. The SMILES string of the molecule is CCCCCCCCCCCCC1=Cc2ccccc2ON1. The minimum atomic E-state index is 0.925. The van der Waals surface area contributed by atoms with Gasteiger partial charge in [0, 0.05) is 11.3 Å². The molecule has 0 aromatic heterocycles. The smallest absolute Gasteiger partial charge is 0.162 e. The van der Waals surface area contributed by atoms with Crippen molar-refractivity contribution in [2.45, 2.75) is 77.6 Å². The van der Waals surface area contributed by atoms with Crippen LogP contribution in [-0.2, 0) is 0 Å². The summed E-state index contributed by atoms with van der Waals surface area (Å²) in [5.74, 6) is 0.925. The standard InChI is InChI=1S/C20H31NO/c1-2-3-4-5-6-7-8-9-10-11-15-19-17-18-14-12-13-16-20(18)22-21-19/h12-14,16-17,21H,2-11,15H2,1H3. The molecule has 1 aliphatic heterocycles. The molecule has 1 heterocycles. The zero-order chi connectivity index (χ0) is 15.5. The van der Waals surface area contributed by atoms with Crippen LogP contribution in [0.25, 0.3) is 6.08 Å². The van der Waals surface area contributed by atoms with E-state index in [0.29, 0.717) is 0 Å². The highest BCUT2D eigenvalue weighted by Gasteiger charge is 2.09. The Labute approximate surface area is 135 Å². The molecule has 0 saturated heterocycles. The summed E-state index contributed by atoms with van der Waals surface area (Å²) in [4.78, 5) is 5.56. The van der Waals surface area contributed by atoms with Crippen molar-refractivity contribution in [2.75, 3.05) is 0 Å². The molecule has 1 aromatic rings. The Morgan fingerprint density at radius 1 is 0.818 bits per heavy atom. The van der Waals surface area contributed by atoms with Crippen molar-refractivity contribution in [3.8, 4) is 5.75 Å². The Morgan fingerprint density at radius 2 is 1.45 bits per heavy atom. The van der Waals surface area contributed by atoms with Crippen molar-refractivity contribution in [3.05, 3.63) is 35.5 Å². The average Bonchev–Trinajstić information content (AvgIpc) is 2.56. The first-order valence-electron chi connectivity index (χ1n) is 9.12. The summed E-state index contributed by atoms with van der Waals surface area (Å²) in [6.45, 7) is 2.28. The molecule has 0 radical (unpaired) electrons. The van der Waals surface area contributed by atoms with Crippen molar-refractivity contribution in [2.24, 2.45) is 0 Å². The third-order valence-corrected chi connectivity index (χ3v) is 4.34. The molecule has 0 fully saturated rings. The average molecular weight is 301 g/mol. The molecule has 22 heavy (non-hydrogen) atoms. The number of hydrogen-bond donors (Lipinski definition) is 1. The van der Waals surface area contributed by atoms with Gasteiger partial charge in [-0.3, -0.25) is 0 Å². The zero-order valence-corrected chi connectivity index (χ0v) is 14.1. The van der Waals surface area contributed by atoms with E-state index in [9.17, 15) is 0 Å². The Morgan fingerprint density at radius 3 is 2.18 bits per heavy atom. The first kappa shape index (κ1) is 16.9. The number of allylic oxidation sites excluding steroid dienone is 1. The van der Waals surface area contributed by atoms with Crippen molar-refractivity contribution in [1.29, 1.82) is 0 Å². The second-order valence-corrected chi connectivity index (χ2v) is 6.34. The van der Waals surface area contributed by atoms with E-state index < -0.39 is 0 Å². The highest BCUT2D eigenvalue weighted by atomic mass is 16.6. The van der Waals surface area contributed by atoms with Crippen LogP contribution in [-0.4, -0.2) is 0 Å². The molecule has 2 rings (SSSR count). The van der Waals surface area contributed by atoms with Crippen LogP contribution in [0, 0.1) is 0 Å². The first-order chi connectivity index (χ1) is 10.9. The number of hydroxylamine groups is 1. The van der Waals surface area contributed by atoms with Gasteiger partial charge in [-0.25, -0.2) is 5.48 Å². The van der Waals surface area contributed by atoms with E-state index in [-0.39, 0.29) is 0 Å². The lowest BCUT2D eigenvalue weighted by Gasteiger charge is -2.18. The summed E-state index contributed by atoms with van der Waals surface area (Å²) in [6, 6.07) is 8.16. The van der Waals surface area contributed by atoms with Gasteiger partial charge in [0.05, 0.1) is 0 Å². The highest BCUT2D eigenvalue weighted by molar-refractivity contribution is 5.60. The molecule has 0 atom stereocenters. The van der Waals surface area contributed by atoms with Gasteiger partial charge in [0.25, 0.3) is 0 Å². The van der Waals surface area contributed by atoms with Crippen molar-refractivity contribution in [1.82, 2.24) is 5.48 Å². The number of unbranched alkanes of at least 4 members (excludes halogenated alkanes) is 9. The second kappa shape index (κ2) is 10.3. The van der Waals surface area contributed by atoms with Crippen molar-refractivity contribution < 1.29 is 4.84 Å². The third-order valence-electron chi connectivity index (χ3n) is 4.34. The molecular weight excluding hydrogens is 270 g/mol. The van der Waals surface area contributed by atoms with Gasteiger partial charge >= 0.3 is 0 Å². The Kier molecular flexibility index (Phi) is 7.93. The summed E-state index contributed by atoms with van der Waals surface area (Å²) >= 11 is 0. The van der Waals surface area contributed by atoms with Gasteiger partial charge in [0.15, 0.2) is 5.75 Å². The third kappa shape index (κ3) is 6.13. The maximum Gasteiger partial charge on any atom is 0.162 e. The fourth-order valence-electron chi connectivity index (χ4n) is 2.96. The van der Waals surface area contributed by atoms with E-state index in [1.54, 1.807) is 0 Å².